The highest BCUT2D eigenvalue weighted by Crippen LogP contribution is 2.30. The molecule has 2 rings (SSSR count). The fourth-order valence-corrected chi connectivity index (χ4v) is 3.15. The molecule has 0 spiro atoms. The van der Waals surface area contributed by atoms with E-state index in [9.17, 15) is 8.42 Å². The Hall–Kier alpha value is -0.780. The van der Waals surface area contributed by atoms with Gasteiger partial charge in [-0.15, -0.1) is 0 Å². The van der Waals surface area contributed by atoms with E-state index < -0.39 is 9.05 Å². The minimum Gasteiger partial charge on any atom is -0.491 e. The van der Waals surface area contributed by atoms with Crippen LogP contribution in [-0.2, 0) is 13.8 Å². The number of halogens is 1. The average molecular weight is 319 g/mol. The molecule has 1 heterocycles. The van der Waals surface area contributed by atoms with Gasteiger partial charge in [-0.05, 0) is 57.4 Å². The lowest BCUT2D eigenvalue weighted by Crippen LogP contribution is -2.24. The molecule has 0 aliphatic carbocycles. The van der Waals surface area contributed by atoms with Gasteiger partial charge in [-0.25, -0.2) is 8.42 Å². The van der Waals surface area contributed by atoms with Crippen molar-refractivity contribution in [2.75, 3.05) is 6.61 Å². The van der Waals surface area contributed by atoms with Crippen LogP contribution in [0, 0.1) is 6.92 Å². The molecule has 112 valence electrons. The molecule has 0 N–H and O–H groups in total. The molecule has 20 heavy (non-hydrogen) atoms. The van der Waals surface area contributed by atoms with Gasteiger partial charge in [0.15, 0.2) is 0 Å². The normalized spacial score (nSPS) is 21.9. The molecule has 1 unspecified atom stereocenters. The van der Waals surface area contributed by atoms with Crippen LogP contribution in [0.4, 0.5) is 0 Å². The summed E-state index contributed by atoms with van der Waals surface area (Å²) in [5, 5.41) is 0. The average Bonchev–Trinajstić information content (AvgIpc) is 2.66. The summed E-state index contributed by atoms with van der Waals surface area (Å²) in [5.74, 6) is 0.655. The van der Waals surface area contributed by atoms with Gasteiger partial charge in [-0.1, -0.05) is 0 Å². The van der Waals surface area contributed by atoms with Crippen LogP contribution in [0.2, 0.25) is 0 Å². The molecular weight excluding hydrogens is 300 g/mol. The molecule has 1 saturated heterocycles. The molecule has 0 aromatic heterocycles. The van der Waals surface area contributed by atoms with Crippen molar-refractivity contribution in [1.82, 2.24) is 0 Å². The van der Waals surface area contributed by atoms with Gasteiger partial charge in [-0.2, -0.15) is 0 Å². The van der Waals surface area contributed by atoms with Crippen LogP contribution in [0.15, 0.2) is 23.1 Å². The van der Waals surface area contributed by atoms with E-state index >= 15 is 0 Å². The second kappa shape index (κ2) is 5.54. The molecule has 1 aromatic carbocycles. The van der Waals surface area contributed by atoms with Gasteiger partial charge in [0.25, 0.3) is 9.05 Å². The summed E-state index contributed by atoms with van der Waals surface area (Å²) in [7, 11) is 1.61. The first kappa shape index (κ1) is 15.6. The largest absolute Gasteiger partial charge is 0.491 e. The smallest absolute Gasteiger partial charge is 0.261 e. The Bertz CT molecular complexity index is 595. The van der Waals surface area contributed by atoms with Gasteiger partial charge in [0.1, 0.15) is 12.4 Å². The molecule has 1 atom stereocenters. The zero-order chi connectivity index (χ0) is 15.0. The molecule has 0 radical (unpaired) electrons. The fourth-order valence-electron chi connectivity index (χ4n) is 2.31. The van der Waals surface area contributed by atoms with Gasteiger partial charge in [0, 0.05) is 10.7 Å². The van der Waals surface area contributed by atoms with Crippen molar-refractivity contribution in [2.24, 2.45) is 0 Å². The fraction of sp³-hybridized carbons (Fsp3) is 0.571. The van der Waals surface area contributed by atoms with Crippen molar-refractivity contribution in [3.05, 3.63) is 23.8 Å². The molecule has 4 nitrogen and oxygen atoms in total. The van der Waals surface area contributed by atoms with Gasteiger partial charge < -0.3 is 9.47 Å². The molecule has 6 heteroatoms. The third-order valence-electron chi connectivity index (χ3n) is 3.41. The van der Waals surface area contributed by atoms with Crippen LogP contribution in [0.5, 0.6) is 5.75 Å². The minimum absolute atomic E-state index is 0.0837. The van der Waals surface area contributed by atoms with E-state index in [0.717, 1.165) is 18.4 Å². The standard InChI is InChI=1S/C14H19ClO4S/c1-10-8-12(20(15,16)17)4-5-13(10)18-9-11-6-7-14(2,3)19-11/h4-5,8,11H,6-7,9H2,1-3H3. The van der Waals surface area contributed by atoms with Crippen LogP contribution < -0.4 is 4.74 Å². The molecule has 0 saturated carbocycles. The molecule has 1 aliphatic heterocycles. The molecule has 1 aromatic rings. The van der Waals surface area contributed by atoms with E-state index in [-0.39, 0.29) is 16.6 Å². The summed E-state index contributed by atoms with van der Waals surface area (Å²) in [6.45, 7) is 6.40. The first-order chi connectivity index (χ1) is 9.17. The van der Waals surface area contributed by atoms with Crippen molar-refractivity contribution in [3.63, 3.8) is 0 Å². The van der Waals surface area contributed by atoms with Gasteiger partial charge >= 0.3 is 0 Å². The number of hydrogen-bond acceptors (Lipinski definition) is 4. The van der Waals surface area contributed by atoms with Crippen LogP contribution in [0.25, 0.3) is 0 Å². The van der Waals surface area contributed by atoms with E-state index in [2.05, 4.69) is 13.8 Å². The van der Waals surface area contributed by atoms with Gasteiger partial charge in [0.05, 0.1) is 16.6 Å². The first-order valence-electron chi connectivity index (χ1n) is 6.53. The summed E-state index contributed by atoms with van der Waals surface area (Å²) in [6, 6.07) is 4.59. The highest BCUT2D eigenvalue weighted by atomic mass is 35.7. The number of rotatable bonds is 4. The maximum atomic E-state index is 11.2. The molecule has 1 fully saturated rings. The second-order valence-corrected chi connectivity index (χ2v) is 8.28. The van der Waals surface area contributed by atoms with E-state index in [1.807, 2.05) is 0 Å². The van der Waals surface area contributed by atoms with E-state index in [0.29, 0.717) is 12.4 Å². The lowest BCUT2D eigenvalue weighted by Gasteiger charge is -2.19. The number of aryl methyl sites for hydroxylation is 1. The van der Waals surface area contributed by atoms with Crippen molar-refractivity contribution >= 4 is 19.7 Å². The summed E-state index contributed by atoms with van der Waals surface area (Å²) in [6.07, 6.45) is 2.07. The van der Waals surface area contributed by atoms with Crippen LogP contribution in [0.1, 0.15) is 32.3 Å². The first-order valence-corrected chi connectivity index (χ1v) is 8.84. The van der Waals surface area contributed by atoms with Crippen LogP contribution in [0.3, 0.4) is 0 Å². The van der Waals surface area contributed by atoms with E-state index in [4.69, 9.17) is 20.2 Å². The number of ether oxygens (including phenoxy) is 2. The van der Waals surface area contributed by atoms with Crippen molar-refractivity contribution < 1.29 is 17.9 Å². The summed E-state index contributed by atoms with van der Waals surface area (Å²) in [5.41, 5.74) is 0.656. The quantitative estimate of drug-likeness (QED) is 0.800. The van der Waals surface area contributed by atoms with E-state index in [1.165, 1.54) is 12.1 Å². The summed E-state index contributed by atoms with van der Waals surface area (Å²) >= 11 is 0. The maximum absolute atomic E-state index is 11.2. The summed E-state index contributed by atoms with van der Waals surface area (Å²) in [4.78, 5) is 0.0854. The topological polar surface area (TPSA) is 52.6 Å². The number of hydrogen-bond donors (Lipinski definition) is 0. The summed E-state index contributed by atoms with van der Waals surface area (Å²) < 4.78 is 34.0. The van der Waals surface area contributed by atoms with Crippen LogP contribution >= 0.6 is 10.7 Å². The Morgan fingerprint density at radius 2 is 2.15 bits per heavy atom. The maximum Gasteiger partial charge on any atom is 0.261 e. The predicted octanol–water partition coefficient (Wildman–Crippen LogP) is 3.26. The Morgan fingerprint density at radius 1 is 1.45 bits per heavy atom. The Kier molecular flexibility index (Phi) is 4.33. The third-order valence-corrected chi connectivity index (χ3v) is 4.76. The molecule has 0 bridgehead atoms. The van der Waals surface area contributed by atoms with Crippen LogP contribution in [-0.4, -0.2) is 26.7 Å². The SMILES string of the molecule is Cc1cc(S(=O)(=O)Cl)ccc1OCC1CCC(C)(C)O1. The molecule has 1 aliphatic rings. The predicted molar refractivity (Wildman–Crippen MR) is 77.9 cm³/mol. The minimum atomic E-state index is -3.70. The van der Waals surface area contributed by atoms with Crippen molar-refractivity contribution in [1.29, 1.82) is 0 Å². The monoisotopic (exact) mass is 318 g/mol. The molecule has 0 amide bonds. The van der Waals surface area contributed by atoms with Crippen molar-refractivity contribution in [3.8, 4) is 5.75 Å². The Morgan fingerprint density at radius 3 is 2.65 bits per heavy atom. The Balaban J connectivity index is 2.01. The van der Waals surface area contributed by atoms with Gasteiger partial charge in [-0.3, -0.25) is 0 Å². The van der Waals surface area contributed by atoms with Crippen molar-refractivity contribution in [2.45, 2.75) is 50.2 Å². The highest BCUT2D eigenvalue weighted by molar-refractivity contribution is 8.13. The highest BCUT2D eigenvalue weighted by Gasteiger charge is 2.31. The lowest BCUT2D eigenvalue weighted by atomic mass is 10.1. The molecular formula is C14H19ClO4S. The lowest BCUT2D eigenvalue weighted by molar-refractivity contribution is -0.0327. The zero-order valence-electron chi connectivity index (χ0n) is 11.8. The van der Waals surface area contributed by atoms with Gasteiger partial charge in [0.2, 0.25) is 0 Å². The van der Waals surface area contributed by atoms with E-state index in [1.54, 1.807) is 13.0 Å². The Labute approximate surface area is 124 Å². The zero-order valence-corrected chi connectivity index (χ0v) is 13.4. The second-order valence-electron chi connectivity index (χ2n) is 5.71. The number of benzene rings is 1. The third kappa shape index (κ3) is 3.87.